The van der Waals surface area contributed by atoms with Crippen LogP contribution in [0.4, 0.5) is 0 Å². The monoisotopic (exact) mass is 358 g/mol. The first kappa shape index (κ1) is 17.3. The molecule has 1 N–H and O–H groups in total. The fourth-order valence-corrected chi connectivity index (χ4v) is 4.81. The van der Waals surface area contributed by atoms with Crippen LogP contribution in [0.3, 0.4) is 0 Å². The summed E-state index contributed by atoms with van der Waals surface area (Å²) in [4.78, 5) is 30.0. The fraction of sp³-hybridized carbons (Fsp3) is 0.632. The second-order valence-electron chi connectivity index (χ2n) is 7.61. The summed E-state index contributed by atoms with van der Waals surface area (Å²) in [5.41, 5.74) is 0.242. The third-order valence-corrected chi connectivity index (χ3v) is 6.14. The van der Waals surface area contributed by atoms with Gasteiger partial charge >= 0.3 is 0 Å². The molecule has 2 saturated heterocycles. The van der Waals surface area contributed by atoms with Crippen LogP contribution in [-0.4, -0.2) is 63.2 Å². The molecule has 0 aromatic carbocycles. The third kappa shape index (κ3) is 2.40. The first-order valence-corrected chi connectivity index (χ1v) is 9.41. The van der Waals surface area contributed by atoms with Gasteiger partial charge < -0.3 is 14.5 Å². The van der Waals surface area contributed by atoms with Crippen LogP contribution in [0, 0.1) is 11.8 Å². The van der Waals surface area contributed by atoms with Gasteiger partial charge in [0.15, 0.2) is 0 Å². The molecule has 0 radical (unpaired) electrons. The van der Waals surface area contributed by atoms with Gasteiger partial charge in [0.05, 0.1) is 36.7 Å². The molecule has 2 fully saturated rings. The summed E-state index contributed by atoms with van der Waals surface area (Å²) in [5, 5.41) is 6.80. The highest BCUT2D eigenvalue weighted by Gasteiger charge is 2.67. The maximum atomic E-state index is 13.2. The molecule has 1 aromatic rings. The number of hydrogen-bond donors (Lipinski definition) is 1. The number of amides is 2. The van der Waals surface area contributed by atoms with Crippen molar-refractivity contribution in [3.05, 3.63) is 30.1 Å². The Hall–Kier alpha value is -2.15. The Morgan fingerprint density at radius 2 is 2.27 bits per heavy atom. The lowest BCUT2D eigenvalue weighted by molar-refractivity contribution is -0.143. The number of nitrogens with zero attached hydrogens (tertiary/aromatic N) is 3. The Balaban J connectivity index is 1.57. The van der Waals surface area contributed by atoms with Crippen molar-refractivity contribution in [2.45, 2.75) is 51.0 Å². The molecule has 3 aliphatic heterocycles. The molecule has 1 spiro atoms. The number of fused-ring (bicyclic) bond motifs is 1. The number of rotatable bonds is 6. The molecule has 2 amide bonds. The molecule has 4 heterocycles. The molecule has 3 aliphatic rings. The van der Waals surface area contributed by atoms with E-state index in [-0.39, 0.29) is 24.0 Å². The van der Waals surface area contributed by atoms with Gasteiger partial charge in [-0.3, -0.25) is 14.7 Å². The van der Waals surface area contributed by atoms with Crippen LogP contribution in [0.15, 0.2) is 24.4 Å². The van der Waals surface area contributed by atoms with E-state index in [9.17, 15) is 9.59 Å². The number of nitrogens with one attached hydrogen (secondary N) is 1. The number of H-pyrrole nitrogens is 1. The molecule has 4 atom stereocenters. The smallest absolute Gasteiger partial charge is 0.230 e. The zero-order valence-corrected chi connectivity index (χ0v) is 15.5. The molecule has 26 heavy (non-hydrogen) atoms. The van der Waals surface area contributed by atoms with Gasteiger partial charge in [-0.05, 0) is 18.9 Å². The van der Waals surface area contributed by atoms with E-state index in [2.05, 4.69) is 24.0 Å². The third-order valence-electron chi connectivity index (χ3n) is 6.14. The van der Waals surface area contributed by atoms with E-state index in [4.69, 9.17) is 4.74 Å². The Bertz CT molecular complexity index is 727. The van der Waals surface area contributed by atoms with Crippen LogP contribution in [0.25, 0.3) is 0 Å². The van der Waals surface area contributed by atoms with Crippen LogP contribution in [0.1, 0.15) is 32.4 Å². The van der Waals surface area contributed by atoms with Crippen molar-refractivity contribution in [3.8, 4) is 0 Å². The molecule has 0 aliphatic carbocycles. The van der Waals surface area contributed by atoms with Crippen molar-refractivity contribution in [2.24, 2.45) is 11.8 Å². The van der Waals surface area contributed by atoms with Gasteiger partial charge in [0.1, 0.15) is 5.60 Å². The second kappa shape index (κ2) is 6.23. The summed E-state index contributed by atoms with van der Waals surface area (Å²) in [5.74, 6) is -0.825. The normalized spacial score (nSPS) is 31.9. The van der Waals surface area contributed by atoms with E-state index in [1.807, 2.05) is 23.1 Å². The Labute approximate surface area is 153 Å². The molecule has 140 valence electrons. The number of aromatic amines is 1. The molecular weight excluding hydrogens is 332 g/mol. The van der Waals surface area contributed by atoms with Crippen molar-refractivity contribution in [1.29, 1.82) is 0 Å². The average molecular weight is 358 g/mol. The van der Waals surface area contributed by atoms with E-state index < -0.39 is 17.4 Å². The molecule has 7 heteroatoms. The summed E-state index contributed by atoms with van der Waals surface area (Å²) in [7, 11) is 1.77. The maximum absolute atomic E-state index is 13.2. The minimum atomic E-state index is -0.626. The molecule has 4 rings (SSSR count). The zero-order valence-electron chi connectivity index (χ0n) is 15.5. The van der Waals surface area contributed by atoms with Crippen LogP contribution in [0.5, 0.6) is 0 Å². The highest BCUT2D eigenvalue weighted by atomic mass is 16.5. The van der Waals surface area contributed by atoms with Crippen LogP contribution in [-0.2, 0) is 20.9 Å². The lowest BCUT2D eigenvalue weighted by Gasteiger charge is -2.29. The van der Waals surface area contributed by atoms with E-state index in [1.165, 1.54) is 0 Å². The minimum absolute atomic E-state index is 0.0411. The lowest BCUT2D eigenvalue weighted by atomic mass is 9.76. The molecule has 2 unspecified atom stereocenters. The Kier molecular flexibility index (Phi) is 4.14. The standard InChI is InChI=1S/C19H26N4O3/c1-4-13(5-2)23-11-19-8-6-14(26-19)15(16(19)18(23)25)17(24)22(3)10-12-7-9-20-21-12/h6-9,13-16H,4-5,10-11H2,1-3H3,(H,20,21)/t14-,15?,16?,19-/m0/s1. The van der Waals surface area contributed by atoms with Crippen molar-refractivity contribution in [2.75, 3.05) is 13.6 Å². The van der Waals surface area contributed by atoms with Gasteiger partial charge in [0.25, 0.3) is 0 Å². The molecule has 1 aromatic heterocycles. The topological polar surface area (TPSA) is 78.5 Å². The number of carbonyl (C=O) groups is 2. The second-order valence-corrected chi connectivity index (χ2v) is 7.61. The molecule has 7 nitrogen and oxygen atoms in total. The number of hydrogen-bond acceptors (Lipinski definition) is 4. The van der Waals surface area contributed by atoms with Crippen LogP contribution in [0.2, 0.25) is 0 Å². The molecule has 0 saturated carbocycles. The summed E-state index contributed by atoms with van der Waals surface area (Å²) < 4.78 is 6.20. The predicted molar refractivity (Wildman–Crippen MR) is 94.9 cm³/mol. The SMILES string of the molecule is CCC(CC)N1C[C@]23C=C[C@H](O2)C(C(=O)N(C)Cc2ccn[nH]2)C3C1=O. The van der Waals surface area contributed by atoms with E-state index >= 15 is 0 Å². The average Bonchev–Trinajstić information content (AvgIpc) is 3.38. The predicted octanol–water partition coefficient (Wildman–Crippen LogP) is 1.34. The molecular formula is C19H26N4O3. The van der Waals surface area contributed by atoms with Crippen molar-refractivity contribution in [1.82, 2.24) is 20.0 Å². The van der Waals surface area contributed by atoms with Crippen molar-refractivity contribution in [3.63, 3.8) is 0 Å². The first-order chi connectivity index (χ1) is 12.5. The number of carbonyl (C=O) groups excluding carboxylic acids is 2. The summed E-state index contributed by atoms with van der Waals surface area (Å²) in [6, 6.07) is 2.05. The quantitative estimate of drug-likeness (QED) is 0.779. The van der Waals surface area contributed by atoms with E-state index in [1.54, 1.807) is 18.1 Å². The van der Waals surface area contributed by atoms with Gasteiger partial charge in [0.2, 0.25) is 11.8 Å². The highest BCUT2D eigenvalue weighted by molar-refractivity contribution is 5.93. The maximum Gasteiger partial charge on any atom is 0.230 e. The number of likely N-dealkylation sites (tertiary alicyclic amines) is 1. The van der Waals surface area contributed by atoms with Gasteiger partial charge in [-0.25, -0.2) is 0 Å². The van der Waals surface area contributed by atoms with Crippen molar-refractivity contribution < 1.29 is 14.3 Å². The summed E-state index contributed by atoms with van der Waals surface area (Å²) in [6.07, 6.45) is 7.17. The fourth-order valence-electron chi connectivity index (χ4n) is 4.81. The largest absolute Gasteiger partial charge is 0.360 e. The van der Waals surface area contributed by atoms with Gasteiger partial charge in [-0.1, -0.05) is 26.0 Å². The number of aromatic nitrogens is 2. The van der Waals surface area contributed by atoms with E-state index in [0.717, 1.165) is 18.5 Å². The number of ether oxygens (including phenoxy) is 1. The Morgan fingerprint density at radius 3 is 2.92 bits per heavy atom. The van der Waals surface area contributed by atoms with Crippen LogP contribution < -0.4 is 0 Å². The summed E-state index contributed by atoms with van der Waals surface area (Å²) in [6.45, 7) is 5.20. The van der Waals surface area contributed by atoms with E-state index in [0.29, 0.717) is 13.1 Å². The minimum Gasteiger partial charge on any atom is -0.360 e. The highest BCUT2D eigenvalue weighted by Crippen LogP contribution is 2.52. The lowest BCUT2D eigenvalue weighted by Crippen LogP contribution is -2.45. The van der Waals surface area contributed by atoms with Crippen LogP contribution >= 0.6 is 0 Å². The summed E-state index contributed by atoms with van der Waals surface area (Å²) >= 11 is 0. The van der Waals surface area contributed by atoms with Crippen molar-refractivity contribution >= 4 is 11.8 Å². The van der Waals surface area contributed by atoms with Gasteiger partial charge in [-0.2, -0.15) is 5.10 Å². The van der Waals surface area contributed by atoms with Gasteiger partial charge in [0, 0.05) is 19.3 Å². The zero-order chi connectivity index (χ0) is 18.5. The van der Waals surface area contributed by atoms with Gasteiger partial charge in [-0.15, -0.1) is 0 Å². The Morgan fingerprint density at radius 1 is 1.50 bits per heavy atom. The molecule has 2 bridgehead atoms. The first-order valence-electron chi connectivity index (χ1n) is 9.41.